The summed E-state index contributed by atoms with van der Waals surface area (Å²) in [5.74, 6) is 0.482. The number of carbonyl (C=O) groups excluding carboxylic acids is 1. The molecule has 5 heteroatoms. The lowest BCUT2D eigenvalue weighted by Gasteiger charge is -2.18. The Labute approximate surface area is 135 Å². The fourth-order valence-corrected chi connectivity index (χ4v) is 2.81. The van der Waals surface area contributed by atoms with Crippen LogP contribution in [0.3, 0.4) is 0 Å². The highest BCUT2D eigenvalue weighted by molar-refractivity contribution is 5.94. The topological polar surface area (TPSA) is 61.8 Å². The van der Waals surface area contributed by atoms with E-state index < -0.39 is 0 Å². The lowest BCUT2D eigenvalue weighted by atomic mass is 10.1. The first-order valence-electron chi connectivity index (χ1n) is 7.52. The van der Waals surface area contributed by atoms with E-state index in [1.165, 1.54) is 18.2 Å². The van der Waals surface area contributed by atoms with Gasteiger partial charge in [0, 0.05) is 32.2 Å². The number of aromatic hydroxyl groups is 1. The fourth-order valence-electron chi connectivity index (χ4n) is 2.81. The summed E-state index contributed by atoms with van der Waals surface area (Å²) in [5, 5.41) is 12.9. The minimum atomic E-state index is -0.0215. The standard InChI is InChI=1S/C18H20N2O3/c1-20(11-12-3-6-16(21)17(7-12)23-2)18(22)13-4-5-14-9-19-10-15(14)8-13/h3-8,19,21H,9-11H2,1-2H3. The first-order valence-corrected chi connectivity index (χ1v) is 7.52. The molecule has 0 saturated carbocycles. The maximum atomic E-state index is 12.6. The Hall–Kier alpha value is -2.53. The molecule has 0 spiro atoms. The predicted molar refractivity (Wildman–Crippen MR) is 87.4 cm³/mol. The summed E-state index contributed by atoms with van der Waals surface area (Å²) in [7, 11) is 3.28. The number of amides is 1. The number of ether oxygens (including phenoxy) is 1. The first-order chi connectivity index (χ1) is 11.1. The molecular formula is C18H20N2O3. The molecule has 1 aliphatic rings. The van der Waals surface area contributed by atoms with Crippen LogP contribution in [0, 0.1) is 0 Å². The molecule has 5 nitrogen and oxygen atoms in total. The third-order valence-corrected chi connectivity index (χ3v) is 4.09. The van der Waals surface area contributed by atoms with Gasteiger partial charge in [-0.25, -0.2) is 0 Å². The minimum Gasteiger partial charge on any atom is -0.504 e. The van der Waals surface area contributed by atoms with E-state index in [-0.39, 0.29) is 11.7 Å². The normalized spacial score (nSPS) is 12.8. The number of hydrogen-bond acceptors (Lipinski definition) is 4. The number of nitrogens with one attached hydrogen (secondary N) is 1. The maximum Gasteiger partial charge on any atom is 0.253 e. The number of fused-ring (bicyclic) bond motifs is 1. The van der Waals surface area contributed by atoms with Gasteiger partial charge in [-0.15, -0.1) is 0 Å². The van der Waals surface area contributed by atoms with Gasteiger partial charge >= 0.3 is 0 Å². The molecule has 2 aromatic rings. The van der Waals surface area contributed by atoms with Crippen LogP contribution in [0.5, 0.6) is 11.5 Å². The first kappa shape index (κ1) is 15.4. The Bertz CT molecular complexity index is 743. The second-order valence-corrected chi connectivity index (χ2v) is 5.75. The van der Waals surface area contributed by atoms with E-state index in [1.54, 1.807) is 30.1 Å². The molecule has 0 aliphatic carbocycles. The van der Waals surface area contributed by atoms with E-state index in [0.29, 0.717) is 17.9 Å². The molecule has 1 heterocycles. The van der Waals surface area contributed by atoms with Gasteiger partial charge < -0.3 is 20.1 Å². The molecule has 120 valence electrons. The van der Waals surface area contributed by atoms with Crippen molar-refractivity contribution in [3.05, 3.63) is 58.7 Å². The Morgan fingerprint density at radius 3 is 2.78 bits per heavy atom. The van der Waals surface area contributed by atoms with E-state index in [1.807, 2.05) is 18.2 Å². The molecule has 0 atom stereocenters. The van der Waals surface area contributed by atoms with E-state index in [4.69, 9.17) is 4.74 Å². The highest BCUT2D eigenvalue weighted by atomic mass is 16.5. The zero-order valence-corrected chi connectivity index (χ0v) is 13.3. The number of hydrogen-bond donors (Lipinski definition) is 2. The van der Waals surface area contributed by atoms with Gasteiger partial charge in [0.15, 0.2) is 11.5 Å². The van der Waals surface area contributed by atoms with Crippen molar-refractivity contribution in [2.45, 2.75) is 19.6 Å². The zero-order valence-electron chi connectivity index (χ0n) is 13.3. The Morgan fingerprint density at radius 2 is 2.00 bits per heavy atom. The number of benzene rings is 2. The van der Waals surface area contributed by atoms with Crippen molar-refractivity contribution in [1.82, 2.24) is 10.2 Å². The van der Waals surface area contributed by atoms with Crippen LogP contribution in [0.15, 0.2) is 36.4 Å². The molecule has 2 N–H and O–H groups in total. The maximum absolute atomic E-state index is 12.6. The van der Waals surface area contributed by atoms with Crippen molar-refractivity contribution in [3.8, 4) is 11.5 Å². The van der Waals surface area contributed by atoms with Crippen LogP contribution in [0.2, 0.25) is 0 Å². The zero-order chi connectivity index (χ0) is 16.4. The van der Waals surface area contributed by atoms with Crippen molar-refractivity contribution in [2.75, 3.05) is 14.2 Å². The monoisotopic (exact) mass is 312 g/mol. The van der Waals surface area contributed by atoms with Gasteiger partial charge in [-0.3, -0.25) is 4.79 Å². The summed E-state index contributed by atoms with van der Waals surface area (Å²) >= 11 is 0. The van der Waals surface area contributed by atoms with Gasteiger partial charge in [-0.05, 0) is 41.0 Å². The molecule has 1 amide bonds. The summed E-state index contributed by atoms with van der Waals surface area (Å²) in [6, 6.07) is 11.0. The van der Waals surface area contributed by atoms with Crippen LogP contribution in [0.1, 0.15) is 27.0 Å². The molecular weight excluding hydrogens is 292 g/mol. The fraction of sp³-hybridized carbons (Fsp3) is 0.278. The molecule has 1 aliphatic heterocycles. The molecule has 0 bridgehead atoms. The second-order valence-electron chi connectivity index (χ2n) is 5.75. The molecule has 0 saturated heterocycles. The van der Waals surface area contributed by atoms with Crippen LogP contribution < -0.4 is 10.1 Å². The summed E-state index contributed by atoms with van der Waals surface area (Å²) in [6.45, 7) is 2.13. The van der Waals surface area contributed by atoms with Gasteiger partial charge in [-0.1, -0.05) is 12.1 Å². The van der Waals surface area contributed by atoms with Crippen LogP contribution >= 0.6 is 0 Å². The molecule has 3 rings (SSSR count). The van der Waals surface area contributed by atoms with Gasteiger partial charge in [0.2, 0.25) is 0 Å². The smallest absolute Gasteiger partial charge is 0.253 e. The third kappa shape index (κ3) is 3.14. The predicted octanol–water partition coefficient (Wildman–Crippen LogP) is 2.28. The largest absolute Gasteiger partial charge is 0.504 e. The third-order valence-electron chi connectivity index (χ3n) is 4.09. The minimum absolute atomic E-state index is 0.0215. The van der Waals surface area contributed by atoms with Crippen molar-refractivity contribution < 1.29 is 14.6 Å². The van der Waals surface area contributed by atoms with Gasteiger partial charge in [0.1, 0.15) is 0 Å². The van der Waals surface area contributed by atoms with Crippen molar-refractivity contribution in [3.63, 3.8) is 0 Å². The van der Waals surface area contributed by atoms with Crippen LogP contribution in [-0.4, -0.2) is 30.1 Å². The highest BCUT2D eigenvalue weighted by Gasteiger charge is 2.17. The van der Waals surface area contributed by atoms with E-state index >= 15 is 0 Å². The van der Waals surface area contributed by atoms with Crippen molar-refractivity contribution in [2.24, 2.45) is 0 Å². The lowest BCUT2D eigenvalue weighted by Crippen LogP contribution is -2.26. The summed E-state index contributed by atoms with van der Waals surface area (Å²) in [4.78, 5) is 14.3. The van der Waals surface area contributed by atoms with E-state index in [0.717, 1.165) is 18.7 Å². The quantitative estimate of drug-likeness (QED) is 0.909. The van der Waals surface area contributed by atoms with E-state index in [2.05, 4.69) is 5.32 Å². The molecule has 23 heavy (non-hydrogen) atoms. The number of carbonyl (C=O) groups is 1. The van der Waals surface area contributed by atoms with Crippen molar-refractivity contribution >= 4 is 5.91 Å². The van der Waals surface area contributed by atoms with Gasteiger partial charge in [-0.2, -0.15) is 0 Å². The SMILES string of the molecule is COc1cc(CN(C)C(=O)c2ccc3c(c2)CNC3)ccc1O. The highest BCUT2D eigenvalue weighted by Crippen LogP contribution is 2.27. The summed E-state index contributed by atoms with van der Waals surface area (Å²) in [5.41, 5.74) is 4.04. The van der Waals surface area contributed by atoms with Crippen LogP contribution in [0.4, 0.5) is 0 Å². The Morgan fingerprint density at radius 1 is 1.22 bits per heavy atom. The number of methoxy groups -OCH3 is 1. The molecule has 0 fully saturated rings. The lowest BCUT2D eigenvalue weighted by molar-refractivity contribution is 0.0785. The average Bonchev–Trinajstić information content (AvgIpc) is 3.03. The van der Waals surface area contributed by atoms with E-state index in [9.17, 15) is 9.90 Å². The van der Waals surface area contributed by atoms with Gasteiger partial charge in [0.05, 0.1) is 7.11 Å². The molecule has 0 unspecified atom stereocenters. The second kappa shape index (κ2) is 6.30. The number of phenols is 1. The number of phenolic OH excluding ortho intramolecular Hbond substituents is 1. The van der Waals surface area contributed by atoms with Crippen molar-refractivity contribution in [1.29, 1.82) is 0 Å². The molecule has 2 aromatic carbocycles. The van der Waals surface area contributed by atoms with Crippen LogP contribution in [-0.2, 0) is 19.6 Å². The summed E-state index contributed by atoms with van der Waals surface area (Å²) in [6.07, 6.45) is 0. The summed E-state index contributed by atoms with van der Waals surface area (Å²) < 4.78 is 5.10. The van der Waals surface area contributed by atoms with Crippen LogP contribution in [0.25, 0.3) is 0 Å². The average molecular weight is 312 g/mol. The molecule has 0 radical (unpaired) electrons. The number of nitrogens with zero attached hydrogens (tertiary/aromatic N) is 1. The Kier molecular flexibility index (Phi) is 4.21. The Balaban J connectivity index is 1.75. The van der Waals surface area contributed by atoms with Gasteiger partial charge in [0.25, 0.3) is 5.91 Å². The molecule has 0 aromatic heterocycles. The number of rotatable bonds is 4.